The predicted octanol–water partition coefficient (Wildman–Crippen LogP) is 3.62. The minimum atomic E-state index is -0.757. The van der Waals surface area contributed by atoms with E-state index in [0.29, 0.717) is 16.0 Å². The number of ether oxygens (including phenoxy) is 1. The largest absolute Gasteiger partial charge is 0.447 e. The zero-order chi connectivity index (χ0) is 22.2. The molecule has 0 atom stereocenters. The molecule has 3 rings (SSSR count). The van der Waals surface area contributed by atoms with Gasteiger partial charge in [-0.25, -0.2) is 18.6 Å². The standard InChI is InChI=1S/C21H19ClF2N4O3/c22-16-2-4-18(24)15(7-16)10-25-12-20(29)26-5-6-31-21(30)28-19-9-14-8-17(23)3-1-13(14)11-27-19/h1-4,7-9,11,25H,5-6,10,12H2,(H,26,29)(H,27,28,30). The van der Waals surface area contributed by atoms with Crippen molar-refractivity contribution in [3.8, 4) is 0 Å². The lowest BCUT2D eigenvalue weighted by molar-refractivity contribution is -0.120. The number of benzene rings is 2. The number of amides is 2. The van der Waals surface area contributed by atoms with Crippen molar-refractivity contribution in [2.24, 2.45) is 0 Å². The maximum atomic E-state index is 13.6. The number of rotatable bonds is 8. The van der Waals surface area contributed by atoms with E-state index in [0.717, 1.165) is 5.39 Å². The van der Waals surface area contributed by atoms with Gasteiger partial charge in [0.15, 0.2) is 0 Å². The second-order valence-electron chi connectivity index (χ2n) is 6.51. The Bertz CT molecular complexity index is 1100. The summed E-state index contributed by atoms with van der Waals surface area (Å²) in [6.07, 6.45) is 0.749. The van der Waals surface area contributed by atoms with Crippen LogP contribution in [-0.2, 0) is 16.1 Å². The van der Waals surface area contributed by atoms with E-state index in [1.165, 1.54) is 42.6 Å². The molecule has 162 valence electrons. The van der Waals surface area contributed by atoms with Gasteiger partial charge in [-0.05, 0) is 47.9 Å². The molecule has 0 unspecified atom stereocenters. The van der Waals surface area contributed by atoms with E-state index in [1.54, 1.807) is 6.07 Å². The number of nitrogens with one attached hydrogen (secondary N) is 3. The maximum Gasteiger partial charge on any atom is 0.412 e. The molecule has 1 aromatic heterocycles. The fourth-order valence-electron chi connectivity index (χ4n) is 2.71. The molecule has 7 nitrogen and oxygen atoms in total. The van der Waals surface area contributed by atoms with E-state index in [2.05, 4.69) is 20.9 Å². The molecule has 3 N–H and O–H groups in total. The molecule has 2 aromatic carbocycles. The van der Waals surface area contributed by atoms with Crippen molar-refractivity contribution < 1.29 is 23.1 Å². The summed E-state index contributed by atoms with van der Waals surface area (Å²) in [6, 6.07) is 9.95. The summed E-state index contributed by atoms with van der Waals surface area (Å²) in [5.74, 6) is -0.938. The van der Waals surface area contributed by atoms with Crippen molar-refractivity contribution in [3.05, 3.63) is 70.9 Å². The van der Waals surface area contributed by atoms with Gasteiger partial charge in [0.1, 0.15) is 24.1 Å². The Morgan fingerprint density at radius 3 is 2.74 bits per heavy atom. The normalized spacial score (nSPS) is 10.7. The molecule has 0 aliphatic heterocycles. The zero-order valence-corrected chi connectivity index (χ0v) is 17.0. The molecular formula is C21H19ClF2N4O3. The summed E-state index contributed by atoms with van der Waals surface area (Å²) in [4.78, 5) is 27.7. The molecule has 0 aliphatic carbocycles. The lowest BCUT2D eigenvalue weighted by Gasteiger charge is -2.09. The van der Waals surface area contributed by atoms with Gasteiger partial charge in [0.25, 0.3) is 0 Å². The van der Waals surface area contributed by atoms with Gasteiger partial charge in [0.05, 0.1) is 13.1 Å². The topological polar surface area (TPSA) is 92.4 Å². The monoisotopic (exact) mass is 448 g/mol. The van der Waals surface area contributed by atoms with Crippen LogP contribution in [0.1, 0.15) is 5.56 Å². The lowest BCUT2D eigenvalue weighted by Crippen LogP contribution is -2.36. The highest BCUT2D eigenvalue weighted by Gasteiger charge is 2.08. The highest BCUT2D eigenvalue weighted by molar-refractivity contribution is 6.30. The predicted molar refractivity (Wildman–Crippen MR) is 113 cm³/mol. The van der Waals surface area contributed by atoms with Gasteiger partial charge in [0.2, 0.25) is 5.91 Å². The molecule has 0 spiro atoms. The molecule has 3 aromatic rings. The SMILES string of the molecule is O=C(CNCc1cc(Cl)ccc1F)NCCOC(=O)Nc1cc2cc(F)ccc2cn1. The quantitative estimate of drug-likeness (QED) is 0.458. The Balaban J connectivity index is 1.34. The Kier molecular flexibility index (Phi) is 7.69. The third-order valence-corrected chi connectivity index (χ3v) is 4.42. The summed E-state index contributed by atoms with van der Waals surface area (Å²) < 4.78 is 31.9. The minimum absolute atomic E-state index is 0.0459. The first-order valence-electron chi connectivity index (χ1n) is 9.31. The van der Waals surface area contributed by atoms with Gasteiger partial charge < -0.3 is 15.4 Å². The second kappa shape index (κ2) is 10.6. The van der Waals surface area contributed by atoms with Gasteiger partial charge in [-0.1, -0.05) is 11.6 Å². The first kappa shape index (κ1) is 22.4. The molecule has 2 amide bonds. The van der Waals surface area contributed by atoms with E-state index in [4.69, 9.17) is 16.3 Å². The Hall–Kier alpha value is -3.30. The van der Waals surface area contributed by atoms with Crippen molar-refractivity contribution in [3.63, 3.8) is 0 Å². The van der Waals surface area contributed by atoms with Gasteiger partial charge in [0, 0.05) is 28.7 Å². The molecule has 0 saturated heterocycles. The van der Waals surface area contributed by atoms with Crippen molar-refractivity contribution in [1.82, 2.24) is 15.6 Å². The molecule has 0 aliphatic rings. The lowest BCUT2D eigenvalue weighted by atomic mass is 10.2. The van der Waals surface area contributed by atoms with E-state index in [-0.39, 0.29) is 38.0 Å². The smallest absolute Gasteiger partial charge is 0.412 e. The molecular weight excluding hydrogens is 430 g/mol. The van der Waals surface area contributed by atoms with Gasteiger partial charge in [-0.3, -0.25) is 10.1 Å². The van der Waals surface area contributed by atoms with Crippen molar-refractivity contribution in [2.45, 2.75) is 6.54 Å². The molecule has 0 radical (unpaired) electrons. The van der Waals surface area contributed by atoms with Crippen LogP contribution in [0.3, 0.4) is 0 Å². The van der Waals surface area contributed by atoms with Crippen LogP contribution in [0.15, 0.2) is 48.7 Å². The molecule has 1 heterocycles. The Morgan fingerprint density at radius 2 is 1.90 bits per heavy atom. The van der Waals surface area contributed by atoms with Gasteiger partial charge in [-0.2, -0.15) is 0 Å². The van der Waals surface area contributed by atoms with Crippen molar-refractivity contribution >= 4 is 40.2 Å². The minimum Gasteiger partial charge on any atom is -0.447 e. The van der Waals surface area contributed by atoms with Crippen LogP contribution in [0.5, 0.6) is 0 Å². The average molecular weight is 449 g/mol. The van der Waals surface area contributed by atoms with Crippen LogP contribution >= 0.6 is 11.6 Å². The first-order valence-corrected chi connectivity index (χ1v) is 9.69. The van der Waals surface area contributed by atoms with Crippen LogP contribution < -0.4 is 16.0 Å². The number of aromatic nitrogens is 1. The third-order valence-electron chi connectivity index (χ3n) is 4.18. The number of hydrogen-bond acceptors (Lipinski definition) is 5. The van der Waals surface area contributed by atoms with Gasteiger partial charge in [-0.15, -0.1) is 0 Å². The third kappa shape index (κ3) is 6.87. The average Bonchev–Trinajstić information content (AvgIpc) is 2.73. The van der Waals surface area contributed by atoms with Crippen LogP contribution in [0, 0.1) is 11.6 Å². The van der Waals surface area contributed by atoms with E-state index in [1.807, 2.05) is 0 Å². The molecule has 0 saturated carbocycles. The van der Waals surface area contributed by atoms with E-state index in [9.17, 15) is 18.4 Å². The van der Waals surface area contributed by atoms with Crippen LogP contribution in [0.25, 0.3) is 10.8 Å². The number of carbonyl (C=O) groups is 2. The highest BCUT2D eigenvalue weighted by Crippen LogP contribution is 2.18. The number of hydrogen-bond donors (Lipinski definition) is 3. The summed E-state index contributed by atoms with van der Waals surface area (Å²) in [6.45, 7) is 0.121. The highest BCUT2D eigenvalue weighted by atomic mass is 35.5. The van der Waals surface area contributed by atoms with Crippen molar-refractivity contribution in [2.75, 3.05) is 25.0 Å². The van der Waals surface area contributed by atoms with E-state index >= 15 is 0 Å². The summed E-state index contributed by atoms with van der Waals surface area (Å²) >= 11 is 5.81. The van der Waals surface area contributed by atoms with Crippen LogP contribution in [0.2, 0.25) is 5.02 Å². The number of fused-ring (bicyclic) bond motifs is 1. The van der Waals surface area contributed by atoms with Crippen LogP contribution in [0.4, 0.5) is 19.4 Å². The van der Waals surface area contributed by atoms with Gasteiger partial charge >= 0.3 is 6.09 Å². The molecule has 10 heteroatoms. The van der Waals surface area contributed by atoms with Crippen LogP contribution in [-0.4, -0.2) is 36.7 Å². The summed E-state index contributed by atoms with van der Waals surface area (Å²) in [5, 5.41) is 9.53. The fourth-order valence-corrected chi connectivity index (χ4v) is 2.90. The number of anilines is 1. The van der Waals surface area contributed by atoms with E-state index < -0.39 is 17.7 Å². The summed E-state index contributed by atoms with van der Waals surface area (Å²) in [5.41, 5.74) is 0.352. The molecule has 0 fully saturated rings. The first-order chi connectivity index (χ1) is 14.9. The number of halogens is 3. The van der Waals surface area contributed by atoms with Crippen molar-refractivity contribution in [1.29, 1.82) is 0 Å². The summed E-state index contributed by atoms with van der Waals surface area (Å²) in [7, 11) is 0. The molecule has 31 heavy (non-hydrogen) atoms. The Morgan fingerprint density at radius 1 is 1.06 bits per heavy atom. The number of carbonyl (C=O) groups excluding carboxylic acids is 2. The zero-order valence-electron chi connectivity index (χ0n) is 16.3. The maximum absolute atomic E-state index is 13.6. The fraction of sp³-hybridized carbons (Fsp3) is 0.190. The number of pyridine rings is 1. The molecule has 0 bridgehead atoms. The second-order valence-corrected chi connectivity index (χ2v) is 6.95. The Labute approximate surface area is 181 Å². The number of nitrogens with zero attached hydrogens (tertiary/aromatic N) is 1.